The number of aliphatic hydroxyl groups is 1. The van der Waals surface area contributed by atoms with E-state index < -0.39 is 59.6 Å². The molecule has 1 aromatic carbocycles. The maximum absolute atomic E-state index is 14.8. The maximum atomic E-state index is 14.8. The van der Waals surface area contributed by atoms with E-state index in [0.717, 1.165) is 24.8 Å². The van der Waals surface area contributed by atoms with Crippen LogP contribution < -0.4 is 0 Å². The Kier molecular flexibility index (Phi) is 11.0. The molecule has 0 radical (unpaired) electrons. The van der Waals surface area contributed by atoms with Gasteiger partial charge >= 0.3 is 5.97 Å². The molecule has 0 saturated carbocycles. The lowest BCUT2D eigenvalue weighted by Crippen LogP contribution is -2.59. The average molecular weight is 715 g/mol. The molecule has 4 aliphatic rings. The van der Waals surface area contributed by atoms with E-state index in [2.05, 4.69) is 22.9 Å². The Morgan fingerprint density at radius 2 is 1.77 bits per heavy atom. The third-order valence-corrected chi connectivity index (χ3v) is 11.0. The van der Waals surface area contributed by atoms with E-state index >= 15 is 0 Å². The number of likely N-dealkylation sites (tertiary alicyclic amines) is 1. The second kappa shape index (κ2) is 14.6. The number of amides is 3. The zero-order valence-electron chi connectivity index (χ0n) is 28.0. The lowest BCUT2D eigenvalue weighted by atomic mass is 9.74. The molecule has 2 fully saturated rings. The molecule has 10 nitrogen and oxygen atoms in total. The minimum absolute atomic E-state index is 0.0965. The van der Waals surface area contributed by atoms with Crippen molar-refractivity contribution in [2.45, 2.75) is 95.7 Å². The number of allylic oxidation sites excluding steroid dienone is 1. The number of nitrogens with zero attached hydrogens (tertiary/aromatic N) is 3. The molecule has 1 aromatic rings. The van der Waals surface area contributed by atoms with E-state index in [1.807, 2.05) is 63.3 Å². The van der Waals surface area contributed by atoms with Gasteiger partial charge in [0.25, 0.3) is 0 Å². The molecule has 2 saturated heterocycles. The number of rotatable bonds is 8. The molecule has 4 aliphatic heterocycles. The van der Waals surface area contributed by atoms with Crippen LogP contribution in [0, 0.1) is 17.8 Å². The lowest BCUT2D eigenvalue weighted by molar-refractivity contribution is -0.164. The van der Waals surface area contributed by atoms with Crippen LogP contribution in [0.1, 0.15) is 71.5 Å². The van der Waals surface area contributed by atoms with Crippen LogP contribution >= 0.6 is 15.9 Å². The summed E-state index contributed by atoms with van der Waals surface area (Å²) in [6.45, 7) is 8.17. The van der Waals surface area contributed by atoms with Gasteiger partial charge in [0.2, 0.25) is 17.7 Å². The number of unbranched alkanes of at least 4 members (excludes halogenated alkanes) is 2. The number of carbonyl (C=O) groups is 4. The minimum Gasteiger partial charge on any atom is -0.455 e. The zero-order chi connectivity index (χ0) is 34.0. The number of esters is 1. The number of benzene rings is 1. The second-order valence-electron chi connectivity index (χ2n) is 13.6. The van der Waals surface area contributed by atoms with Crippen molar-refractivity contribution in [2.75, 3.05) is 26.7 Å². The largest absolute Gasteiger partial charge is 0.455 e. The van der Waals surface area contributed by atoms with Crippen molar-refractivity contribution >= 4 is 39.6 Å². The normalized spacial score (nSPS) is 32.9. The van der Waals surface area contributed by atoms with Crippen LogP contribution in [0.2, 0.25) is 0 Å². The average Bonchev–Trinajstić information content (AvgIpc) is 3.65. The fourth-order valence-corrected chi connectivity index (χ4v) is 8.36. The first kappa shape index (κ1) is 35.3. The SMILES string of the molecule is CCCCCN1C/C=C\CCC(=O)N(C)[C@H](C)[C@@H](c2ccccc2)OC(=O)[C@@H]2[C@H]3O[C@@]4(C=C3Br)[C@H](C1=O)N([C@@H](CO)C(C)C)C(=O)[C@@H]24. The summed E-state index contributed by atoms with van der Waals surface area (Å²) < 4.78 is 13.5. The van der Waals surface area contributed by atoms with Gasteiger partial charge in [-0.2, -0.15) is 0 Å². The van der Waals surface area contributed by atoms with Gasteiger partial charge in [0.15, 0.2) is 0 Å². The van der Waals surface area contributed by atoms with Crippen molar-refractivity contribution < 1.29 is 33.8 Å². The number of ether oxygens (including phenoxy) is 2. The van der Waals surface area contributed by atoms with Crippen LogP contribution in [0.5, 0.6) is 0 Å². The molecule has 11 heteroatoms. The monoisotopic (exact) mass is 713 g/mol. The summed E-state index contributed by atoms with van der Waals surface area (Å²) in [5, 5.41) is 10.6. The number of hydrogen-bond acceptors (Lipinski definition) is 7. The first-order valence-corrected chi connectivity index (χ1v) is 17.7. The first-order chi connectivity index (χ1) is 22.5. The Hall–Kier alpha value is -3.02. The van der Waals surface area contributed by atoms with E-state index in [1.165, 1.54) is 4.90 Å². The highest BCUT2D eigenvalue weighted by atomic mass is 79.9. The van der Waals surface area contributed by atoms with Crippen LogP contribution in [0.25, 0.3) is 0 Å². The van der Waals surface area contributed by atoms with Crippen molar-refractivity contribution in [2.24, 2.45) is 17.8 Å². The van der Waals surface area contributed by atoms with Gasteiger partial charge in [-0.15, -0.1) is 0 Å². The third kappa shape index (κ3) is 6.43. The Morgan fingerprint density at radius 3 is 2.43 bits per heavy atom. The molecule has 0 unspecified atom stereocenters. The van der Waals surface area contributed by atoms with Crippen LogP contribution in [-0.4, -0.2) is 100 Å². The highest BCUT2D eigenvalue weighted by Gasteiger charge is 2.75. The number of likely N-dealkylation sites (N-methyl/N-ethyl adjacent to an activating group) is 1. The number of aliphatic hydroxyl groups excluding tert-OH is 1. The summed E-state index contributed by atoms with van der Waals surface area (Å²) in [5.74, 6) is -3.67. The predicted molar refractivity (Wildman–Crippen MR) is 180 cm³/mol. The van der Waals surface area contributed by atoms with Crippen LogP contribution in [0.4, 0.5) is 0 Å². The molecule has 4 heterocycles. The first-order valence-electron chi connectivity index (χ1n) is 16.9. The van der Waals surface area contributed by atoms with Crippen molar-refractivity contribution in [1.29, 1.82) is 0 Å². The van der Waals surface area contributed by atoms with Gasteiger partial charge in [-0.3, -0.25) is 19.2 Å². The molecule has 8 atom stereocenters. The number of cyclic esters (lactones) is 1. The molecule has 1 N–H and O–H groups in total. The molecule has 5 rings (SSSR count). The van der Waals surface area contributed by atoms with E-state index in [1.54, 1.807) is 22.9 Å². The summed E-state index contributed by atoms with van der Waals surface area (Å²) in [5.41, 5.74) is -0.708. The van der Waals surface area contributed by atoms with Gasteiger partial charge < -0.3 is 29.3 Å². The van der Waals surface area contributed by atoms with Gasteiger partial charge in [-0.1, -0.05) is 92.0 Å². The summed E-state index contributed by atoms with van der Waals surface area (Å²) in [7, 11) is 1.71. The summed E-state index contributed by atoms with van der Waals surface area (Å²) in [6, 6.07) is 7.00. The quantitative estimate of drug-likeness (QED) is 0.242. The molecule has 0 aliphatic carbocycles. The predicted octanol–water partition coefficient (Wildman–Crippen LogP) is 4.38. The maximum Gasteiger partial charge on any atom is 0.313 e. The topological polar surface area (TPSA) is 117 Å². The smallest absolute Gasteiger partial charge is 0.313 e. The number of halogens is 1. The van der Waals surface area contributed by atoms with Crippen LogP contribution in [0.15, 0.2) is 53.0 Å². The van der Waals surface area contributed by atoms with Gasteiger partial charge in [0.1, 0.15) is 29.8 Å². The second-order valence-corrected chi connectivity index (χ2v) is 14.5. The van der Waals surface area contributed by atoms with E-state index in [4.69, 9.17) is 9.47 Å². The molecule has 5 bridgehead atoms. The van der Waals surface area contributed by atoms with Gasteiger partial charge in [-0.25, -0.2) is 0 Å². The summed E-state index contributed by atoms with van der Waals surface area (Å²) in [4.78, 5) is 62.0. The number of fused-ring (bicyclic) bond motifs is 2. The van der Waals surface area contributed by atoms with Crippen molar-refractivity contribution in [3.05, 3.63) is 58.6 Å². The summed E-state index contributed by atoms with van der Waals surface area (Å²) in [6.07, 6.45) is 7.39. The molecule has 256 valence electrons. The molecule has 0 aromatic heterocycles. The van der Waals surface area contributed by atoms with E-state index in [9.17, 15) is 24.3 Å². The Bertz CT molecular complexity index is 1400. The minimum atomic E-state index is -1.43. The van der Waals surface area contributed by atoms with E-state index in [-0.39, 0.29) is 30.8 Å². The van der Waals surface area contributed by atoms with E-state index in [0.29, 0.717) is 24.0 Å². The van der Waals surface area contributed by atoms with Crippen LogP contribution in [-0.2, 0) is 28.7 Å². The lowest BCUT2D eigenvalue weighted by Gasteiger charge is -2.40. The fraction of sp³-hybridized carbons (Fsp3) is 0.611. The number of hydrogen-bond donors (Lipinski definition) is 1. The van der Waals surface area contributed by atoms with Crippen molar-refractivity contribution in [1.82, 2.24) is 14.7 Å². The van der Waals surface area contributed by atoms with Gasteiger partial charge in [0.05, 0.1) is 24.6 Å². The Labute approximate surface area is 286 Å². The van der Waals surface area contributed by atoms with Crippen molar-refractivity contribution in [3.63, 3.8) is 0 Å². The summed E-state index contributed by atoms with van der Waals surface area (Å²) >= 11 is 3.62. The van der Waals surface area contributed by atoms with Gasteiger partial charge in [-0.05, 0) is 37.3 Å². The molecular weight excluding hydrogens is 666 g/mol. The van der Waals surface area contributed by atoms with Crippen molar-refractivity contribution in [3.8, 4) is 0 Å². The fourth-order valence-electron chi connectivity index (χ4n) is 7.62. The highest BCUT2D eigenvalue weighted by Crippen LogP contribution is 2.59. The Morgan fingerprint density at radius 1 is 1.04 bits per heavy atom. The molecule has 3 amide bonds. The standard InChI is InChI=1S/C36H48BrN3O7/c1-6-7-13-18-39-19-14-9-12-17-27(42)38(5)23(4)30(24-15-10-8-11-16-24)46-35(45)28-29-33(43)40(26(21-41)22(2)3)32(34(39)44)36(29)20-25(37)31(28)47-36/h8-11,14-16,20,22-23,26,28-32,41H,6-7,12-13,17-19,21H2,1-5H3/b14-9-/t23-,26+,28+,29-,30+,31+,32+,36-/m1/s1. The van der Waals surface area contributed by atoms with Crippen LogP contribution in [0.3, 0.4) is 0 Å². The molecular formula is C36H48BrN3O7. The van der Waals surface area contributed by atoms with Gasteiger partial charge in [0, 0.05) is 31.0 Å². The zero-order valence-corrected chi connectivity index (χ0v) is 29.6. The highest BCUT2D eigenvalue weighted by molar-refractivity contribution is 9.11. The molecule has 1 spiro atoms. The Balaban J connectivity index is 1.64. The number of carbonyl (C=O) groups excluding carboxylic acids is 4. The third-order valence-electron chi connectivity index (χ3n) is 10.4. The molecule has 47 heavy (non-hydrogen) atoms.